The highest BCUT2D eigenvalue weighted by atomic mass is 127. The summed E-state index contributed by atoms with van der Waals surface area (Å²) >= 11 is 0. The summed E-state index contributed by atoms with van der Waals surface area (Å²) in [5.41, 5.74) is 0.910. The summed E-state index contributed by atoms with van der Waals surface area (Å²) in [5.74, 6) is 0.556. The molecule has 0 spiro atoms. The average molecular weight is 463 g/mol. The van der Waals surface area contributed by atoms with E-state index in [0.29, 0.717) is 6.54 Å². The van der Waals surface area contributed by atoms with Crippen molar-refractivity contribution >= 4 is 29.9 Å². The number of unbranched alkanes of at least 4 members (excludes halogenated alkanes) is 1. The maximum Gasteiger partial charge on any atom is 0.191 e. The van der Waals surface area contributed by atoms with Gasteiger partial charge in [-0.2, -0.15) is 0 Å². The van der Waals surface area contributed by atoms with E-state index in [1.54, 1.807) is 13.1 Å². The summed E-state index contributed by atoms with van der Waals surface area (Å²) < 4.78 is 13.2. The zero-order valence-electron chi connectivity index (χ0n) is 15.3. The van der Waals surface area contributed by atoms with Gasteiger partial charge in [-0.3, -0.25) is 4.99 Å². The highest BCUT2D eigenvalue weighted by molar-refractivity contribution is 14.0. The summed E-state index contributed by atoms with van der Waals surface area (Å²) in [4.78, 5) is 9.13. The van der Waals surface area contributed by atoms with E-state index in [1.165, 1.54) is 51.3 Å². The van der Waals surface area contributed by atoms with Crippen LogP contribution in [-0.2, 0) is 6.54 Å². The summed E-state index contributed by atoms with van der Waals surface area (Å²) in [7, 11) is 3.94. The first kappa shape index (κ1) is 22.1. The van der Waals surface area contributed by atoms with Crippen molar-refractivity contribution < 1.29 is 4.39 Å². The molecular weight excluding hydrogens is 432 g/mol. The van der Waals surface area contributed by atoms with Gasteiger partial charge in [0, 0.05) is 46.3 Å². The largest absolute Gasteiger partial charge is 0.356 e. The molecule has 0 aliphatic carbocycles. The molecule has 1 aliphatic heterocycles. The number of nitrogens with zero attached hydrogens (tertiary/aromatic N) is 3. The first-order chi connectivity index (χ1) is 11.7. The Kier molecular flexibility index (Phi) is 11.0. The molecule has 1 fully saturated rings. The fourth-order valence-electron chi connectivity index (χ4n) is 2.79. The van der Waals surface area contributed by atoms with Crippen LogP contribution in [0.3, 0.4) is 0 Å². The van der Waals surface area contributed by atoms with Crippen LogP contribution in [0, 0.1) is 5.82 Å². The van der Waals surface area contributed by atoms with Gasteiger partial charge in [-0.15, -0.1) is 24.0 Å². The Morgan fingerprint density at radius 3 is 2.60 bits per heavy atom. The Morgan fingerprint density at radius 2 is 1.92 bits per heavy atom. The van der Waals surface area contributed by atoms with E-state index in [1.807, 2.05) is 6.07 Å². The molecule has 0 bridgehead atoms. The van der Waals surface area contributed by atoms with Crippen molar-refractivity contribution in [1.82, 2.24) is 20.4 Å². The quantitative estimate of drug-likeness (QED) is 0.282. The molecule has 0 atom stereocenters. The standard InChI is InChI=1S/C18H30FN5.HI/c1-20-18(22-15-16-6-5-7-17(19)14-16)21-8-3-4-9-24-12-10-23(2)11-13-24;/h5-7,14H,3-4,8-13,15H2,1-2H3,(H2,20,21,22);1H. The number of guanidine groups is 1. The maximum atomic E-state index is 13.2. The number of rotatable bonds is 7. The molecule has 1 heterocycles. The lowest BCUT2D eigenvalue weighted by Crippen LogP contribution is -2.44. The molecule has 0 radical (unpaired) electrons. The van der Waals surface area contributed by atoms with Gasteiger partial charge in [0.2, 0.25) is 0 Å². The maximum absolute atomic E-state index is 13.2. The van der Waals surface area contributed by atoms with Crippen LogP contribution in [0.5, 0.6) is 0 Å². The molecule has 0 amide bonds. The minimum Gasteiger partial charge on any atom is -0.356 e. The van der Waals surface area contributed by atoms with Crippen LogP contribution in [0.1, 0.15) is 18.4 Å². The molecule has 0 unspecified atom stereocenters. The van der Waals surface area contributed by atoms with E-state index in [-0.39, 0.29) is 29.8 Å². The van der Waals surface area contributed by atoms with E-state index < -0.39 is 0 Å². The fourth-order valence-corrected chi connectivity index (χ4v) is 2.79. The molecule has 1 aliphatic rings. The van der Waals surface area contributed by atoms with Crippen LogP contribution in [-0.4, -0.2) is 69.1 Å². The minimum absolute atomic E-state index is 0. The highest BCUT2D eigenvalue weighted by Gasteiger charge is 2.12. The van der Waals surface area contributed by atoms with E-state index >= 15 is 0 Å². The van der Waals surface area contributed by atoms with Gasteiger partial charge in [0.15, 0.2) is 5.96 Å². The van der Waals surface area contributed by atoms with Crippen LogP contribution in [0.15, 0.2) is 29.3 Å². The monoisotopic (exact) mass is 463 g/mol. The fraction of sp³-hybridized carbons (Fsp3) is 0.611. The number of hydrogen-bond donors (Lipinski definition) is 2. The number of piperazine rings is 1. The zero-order valence-corrected chi connectivity index (χ0v) is 17.6. The van der Waals surface area contributed by atoms with E-state index in [9.17, 15) is 4.39 Å². The van der Waals surface area contributed by atoms with Gasteiger partial charge < -0.3 is 20.4 Å². The predicted octanol–water partition coefficient (Wildman–Crippen LogP) is 2.14. The van der Waals surface area contributed by atoms with Crippen molar-refractivity contribution in [3.05, 3.63) is 35.6 Å². The molecule has 0 aromatic heterocycles. The van der Waals surface area contributed by atoms with E-state index in [4.69, 9.17) is 0 Å². The van der Waals surface area contributed by atoms with Crippen LogP contribution < -0.4 is 10.6 Å². The molecule has 0 saturated carbocycles. The number of nitrogens with one attached hydrogen (secondary N) is 2. The van der Waals surface area contributed by atoms with Gasteiger partial charge in [0.1, 0.15) is 5.82 Å². The van der Waals surface area contributed by atoms with Gasteiger partial charge in [-0.05, 0) is 44.1 Å². The van der Waals surface area contributed by atoms with Crippen molar-refractivity contribution in [2.75, 3.05) is 53.4 Å². The Hall–Kier alpha value is -0.930. The predicted molar refractivity (Wildman–Crippen MR) is 113 cm³/mol. The van der Waals surface area contributed by atoms with Gasteiger partial charge in [0.05, 0.1) is 0 Å². The Morgan fingerprint density at radius 1 is 1.16 bits per heavy atom. The van der Waals surface area contributed by atoms with E-state index in [0.717, 1.165) is 24.5 Å². The summed E-state index contributed by atoms with van der Waals surface area (Å²) in [6.45, 7) is 7.35. The molecule has 1 aromatic rings. The Labute approximate surface area is 168 Å². The zero-order chi connectivity index (χ0) is 17.2. The first-order valence-corrected chi connectivity index (χ1v) is 8.77. The Bertz CT molecular complexity index is 518. The van der Waals surface area contributed by atoms with Gasteiger partial charge >= 0.3 is 0 Å². The van der Waals surface area contributed by atoms with Crippen LogP contribution in [0.2, 0.25) is 0 Å². The van der Waals surface area contributed by atoms with E-state index in [2.05, 4.69) is 32.5 Å². The second-order valence-electron chi connectivity index (χ2n) is 6.33. The number of hydrogen-bond acceptors (Lipinski definition) is 3. The lowest BCUT2D eigenvalue weighted by Gasteiger charge is -2.32. The normalized spacial score (nSPS) is 16.4. The van der Waals surface area contributed by atoms with Crippen molar-refractivity contribution in [2.24, 2.45) is 4.99 Å². The summed E-state index contributed by atoms with van der Waals surface area (Å²) in [5, 5.41) is 6.53. The van der Waals surface area contributed by atoms with Gasteiger partial charge in [0.25, 0.3) is 0 Å². The molecule has 7 heteroatoms. The SMILES string of the molecule is CN=C(NCCCCN1CCN(C)CC1)NCc1cccc(F)c1.I. The lowest BCUT2D eigenvalue weighted by molar-refractivity contribution is 0.152. The smallest absolute Gasteiger partial charge is 0.191 e. The summed E-state index contributed by atoms with van der Waals surface area (Å²) in [6, 6.07) is 6.62. The molecule has 2 rings (SSSR count). The lowest BCUT2D eigenvalue weighted by atomic mass is 10.2. The van der Waals surface area contributed by atoms with Crippen molar-refractivity contribution in [2.45, 2.75) is 19.4 Å². The van der Waals surface area contributed by atoms with Crippen LogP contribution in [0.25, 0.3) is 0 Å². The Balaban J connectivity index is 0.00000312. The number of benzene rings is 1. The van der Waals surface area contributed by atoms with Gasteiger partial charge in [-0.1, -0.05) is 12.1 Å². The molecule has 25 heavy (non-hydrogen) atoms. The average Bonchev–Trinajstić information content (AvgIpc) is 2.59. The molecule has 5 nitrogen and oxygen atoms in total. The molecule has 1 saturated heterocycles. The number of aliphatic imine (C=N–C) groups is 1. The van der Waals surface area contributed by atoms with Crippen LogP contribution >= 0.6 is 24.0 Å². The molecular formula is C18H31FIN5. The van der Waals surface area contributed by atoms with Crippen LogP contribution in [0.4, 0.5) is 4.39 Å². The van der Waals surface area contributed by atoms with Crippen molar-refractivity contribution in [3.8, 4) is 0 Å². The molecule has 1 aromatic carbocycles. The van der Waals surface area contributed by atoms with Crippen molar-refractivity contribution in [3.63, 3.8) is 0 Å². The minimum atomic E-state index is -0.207. The topological polar surface area (TPSA) is 42.9 Å². The molecule has 2 N–H and O–H groups in total. The van der Waals surface area contributed by atoms with Crippen molar-refractivity contribution in [1.29, 1.82) is 0 Å². The highest BCUT2D eigenvalue weighted by Crippen LogP contribution is 2.03. The summed E-state index contributed by atoms with van der Waals surface area (Å²) in [6.07, 6.45) is 2.31. The third kappa shape index (κ3) is 8.82. The first-order valence-electron chi connectivity index (χ1n) is 8.77. The third-order valence-electron chi connectivity index (χ3n) is 4.36. The second-order valence-corrected chi connectivity index (χ2v) is 6.33. The number of halogens is 2. The third-order valence-corrected chi connectivity index (χ3v) is 4.36. The second kappa shape index (κ2) is 12.4. The molecule has 142 valence electrons. The number of likely N-dealkylation sites (N-methyl/N-ethyl adjacent to an activating group) is 1. The van der Waals surface area contributed by atoms with Gasteiger partial charge in [-0.25, -0.2) is 4.39 Å².